The minimum atomic E-state index is -0.475. The predicted octanol–water partition coefficient (Wildman–Crippen LogP) is 1.34. The Morgan fingerprint density at radius 3 is 2.75 bits per heavy atom. The average Bonchev–Trinajstić information content (AvgIpc) is 2.47. The number of amides is 1. The van der Waals surface area contributed by atoms with Crippen molar-refractivity contribution in [2.45, 2.75) is 0 Å². The number of carbonyl (C=O) groups is 1. The standard InChI is InChI=1S/C14H12N2O4/c17-14(11-3-1-2-6-16(11)18)15-10-4-5-12-13(9-10)20-8-7-19-12/h1-6,9H,7-8H2,(H,15,17). The van der Waals surface area contributed by atoms with Crippen molar-refractivity contribution in [3.05, 3.63) is 53.5 Å². The first-order valence-electron chi connectivity index (χ1n) is 6.13. The van der Waals surface area contributed by atoms with Gasteiger partial charge >= 0.3 is 5.91 Å². The lowest BCUT2D eigenvalue weighted by atomic mass is 10.2. The van der Waals surface area contributed by atoms with Crippen LogP contribution >= 0.6 is 0 Å². The summed E-state index contributed by atoms with van der Waals surface area (Å²) >= 11 is 0. The number of ether oxygens (including phenoxy) is 2. The topological polar surface area (TPSA) is 74.5 Å². The van der Waals surface area contributed by atoms with Gasteiger partial charge in [-0.2, -0.15) is 4.73 Å². The van der Waals surface area contributed by atoms with Crippen molar-refractivity contribution < 1.29 is 19.0 Å². The van der Waals surface area contributed by atoms with Crippen molar-refractivity contribution in [3.8, 4) is 11.5 Å². The maximum atomic E-state index is 12.0. The average molecular weight is 272 g/mol. The Balaban J connectivity index is 1.81. The Hall–Kier alpha value is -2.76. The van der Waals surface area contributed by atoms with Crippen LogP contribution in [0.15, 0.2) is 42.6 Å². The van der Waals surface area contributed by atoms with E-state index in [0.29, 0.717) is 35.1 Å². The van der Waals surface area contributed by atoms with Gasteiger partial charge in [-0.05, 0) is 18.2 Å². The summed E-state index contributed by atoms with van der Waals surface area (Å²) in [5.41, 5.74) is 0.575. The van der Waals surface area contributed by atoms with Gasteiger partial charge in [-0.3, -0.25) is 4.79 Å². The monoisotopic (exact) mass is 272 g/mol. The number of hydrogen-bond donors (Lipinski definition) is 1. The summed E-state index contributed by atoms with van der Waals surface area (Å²) in [7, 11) is 0. The van der Waals surface area contributed by atoms with Gasteiger partial charge in [0.15, 0.2) is 17.7 Å². The fraction of sp³-hybridized carbons (Fsp3) is 0.143. The maximum absolute atomic E-state index is 12.0. The Morgan fingerprint density at radius 1 is 1.15 bits per heavy atom. The molecule has 6 heteroatoms. The molecule has 0 bridgehead atoms. The van der Waals surface area contributed by atoms with Gasteiger partial charge < -0.3 is 20.0 Å². The summed E-state index contributed by atoms with van der Waals surface area (Å²) < 4.78 is 11.3. The Kier molecular flexibility index (Phi) is 3.12. The molecule has 0 aliphatic carbocycles. The summed E-state index contributed by atoms with van der Waals surface area (Å²) in [6.07, 6.45) is 1.28. The molecule has 20 heavy (non-hydrogen) atoms. The number of nitrogens with zero attached hydrogens (tertiary/aromatic N) is 1. The van der Waals surface area contributed by atoms with E-state index < -0.39 is 5.91 Å². The maximum Gasteiger partial charge on any atom is 0.321 e. The van der Waals surface area contributed by atoms with Crippen LogP contribution in [0.5, 0.6) is 11.5 Å². The lowest BCUT2D eigenvalue weighted by Crippen LogP contribution is -2.36. The van der Waals surface area contributed by atoms with Crippen LogP contribution in [-0.4, -0.2) is 19.1 Å². The molecule has 3 rings (SSSR count). The van der Waals surface area contributed by atoms with Crippen molar-refractivity contribution in [1.82, 2.24) is 0 Å². The molecule has 0 atom stereocenters. The number of benzene rings is 1. The van der Waals surface area contributed by atoms with Gasteiger partial charge in [-0.25, -0.2) is 0 Å². The normalized spacial score (nSPS) is 12.8. The summed E-state index contributed by atoms with van der Waals surface area (Å²) in [4.78, 5) is 12.0. The van der Waals surface area contributed by atoms with E-state index in [2.05, 4.69) is 5.32 Å². The van der Waals surface area contributed by atoms with Crippen LogP contribution in [0.25, 0.3) is 0 Å². The number of aromatic nitrogens is 1. The molecule has 1 aliphatic rings. The fourth-order valence-electron chi connectivity index (χ4n) is 1.92. The summed E-state index contributed by atoms with van der Waals surface area (Å²) in [5.74, 6) is 0.752. The van der Waals surface area contributed by atoms with Crippen molar-refractivity contribution >= 4 is 11.6 Å². The fourth-order valence-corrected chi connectivity index (χ4v) is 1.92. The second kappa shape index (κ2) is 5.08. The van der Waals surface area contributed by atoms with E-state index in [-0.39, 0.29) is 5.69 Å². The molecule has 1 aromatic carbocycles. The van der Waals surface area contributed by atoms with Gasteiger partial charge in [0.1, 0.15) is 13.2 Å². The van der Waals surface area contributed by atoms with Crippen LogP contribution in [0.4, 0.5) is 5.69 Å². The van der Waals surface area contributed by atoms with E-state index in [1.165, 1.54) is 12.3 Å². The molecule has 0 fully saturated rings. The predicted molar refractivity (Wildman–Crippen MR) is 70.8 cm³/mol. The molecule has 1 aliphatic heterocycles. The molecule has 2 aromatic rings. The molecule has 1 amide bonds. The molecule has 0 spiro atoms. The van der Waals surface area contributed by atoms with Crippen LogP contribution in [0, 0.1) is 5.21 Å². The van der Waals surface area contributed by atoms with Crippen molar-refractivity contribution in [2.75, 3.05) is 18.5 Å². The third-order valence-electron chi connectivity index (χ3n) is 2.86. The van der Waals surface area contributed by atoms with E-state index in [1.807, 2.05) is 0 Å². The summed E-state index contributed by atoms with van der Waals surface area (Å²) in [6.45, 7) is 0.989. The van der Waals surface area contributed by atoms with E-state index in [4.69, 9.17) is 9.47 Å². The highest BCUT2D eigenvalue weighted by molar-refractivity contribution is 6.02. The number of rotatable bonds is 2. The molecular weight excluding hydrogens is 260 g/mol. The van der Waals surface area contributed by atoms with Gasteiger partial charge in [0.05, 0.1) is 0 Å². The zero-order chi connectivity index (χ0) is 13.9. The van der Waals surface area contributed by atoms with Crippen LogP contribution in [-0.2, 0) is 0 Å². The van der Waals surface area contributed by atoms with Crippen LogP contribution < -0.4 is 19.5 Å². The second-order valence-corrected chi connectivity index (χ2v) is 4.22. The highest BCUT2D eigenvalue weighted by atomic mass is 16.6. The number of fused-ring (bicyclic) bond motifs is 1. The molecular formula is C14H12N2O4. The van der Waals surface area contributed by atoms with Crippen molar-refractivity contribution in [2.24, 2.45) is 0 Å². The third kappa shape index (κ3) is 2.35. The van der Waals surface area contributed by atoms with Crippen LogP contribution in [0.3, 0.4) is 0 Å². The van der Waals surface area contributed by atoms with E-state index in [1.54, 1.807) is 30.3 Å². The number of anilines is 1. The van der Waals surface area contributed by atoms with Gasteiger partial charge in [0.2, 0.25) is 0 Å². The Labute approximate surface area is 115 Å². The molecule has 1 N–H and O–H groups in total. The smallest absolute Gasteiger partial charge is 0.321 e. The SMILES string of the molecule is O=C(Nc1ccc2c(c1)OCCO2)c1cccc[n+]1[O-]. The van der Waals surface area contributed by atoms with E-state index in [0.717, 1.165) is 0 Å². The third-order valence-corrected chi connectivity index (χ3v) is 2.86. The molecule has 1 aromatic heterocycles. The first-order chi connectivity index (χ1) is 9.74. The first-order valence-corrected chi connectivity index (χ1v) is 6.13. The number of pyridine rings is 1. The minimum absolute atomic E-state index is 0.0300. The van der Waals surface area contributed by atoms with Gasteiger partial charge in [0, 0.05) is 23.9 Å². The van der Waals surface area contributed by atoms with Crippen LogP contribution in [0.2, 0.25) is 0 Å². The van der Waals surface area contributed by atoms with Gasteiger partial charge in [0.25, 0.3) is 5.69 Å². The largest absolute Gasteiger partial charge is 0.618 e. The Morgan fingerprint density at radius 2 is 1.95 bits per heavy atom. The van der Waals surface area contributed by atoms with E-state index in [9.17, 15) is 10.0 Å². The molecule has 0 unspecified atom stereocenters. The molecule has 6 nitrogen and oxygen atoms in total. The second-order valence-electron chi connectivity index (χ2n) is 4.22. The van der Waals surface area contributed by atoms with Crippen molar-refractivity contribution in [3.63, 3.8) is 0 Å². The lowest BCUT2D eigenvalue weighted by Gasteiger charge is -2.18. The first kappa shape index (κ1) is 12.3. The Bertz CT molecular complexity index is 657. The molecule has 102 valence electrons. The molecule has 0 saturated heterocycles. The van der Waals surface area contributed by atoms with E-state index >= 15 is 0 Å². The highest BCUT2D eigenvalue weighted by Crippen LogP contribution is 2.32. The lowest BCUT2D eigenvalue weighted by molar-refractivity contribution is -0.607. The number of nitrogens with one attached hydrogen (secondary N) is 1. The zero-order valence-electron chi connectivity index (χ0n) is 10.5. The number of hydrogen-bond acceptors (Lipinski definition) is 4. The molecule has 2 heterocycles. The van der Waals surface area contributed by atoms with Crippen molar-refractivity contribution in [1.29, 1.82) is 0 Å². The number of carbonyl (C=O) groups excluding carboxylic acids is 1. The molecule has 0 saturated carbocycles. The van der Waals surface area contributed by atoms with Gasteiger partial charge in [-0.1, -0.05) is 0 Å². The van der Waals surface area contributed by atoms with Crippen LogP contribution in [0.1, 0.15) is 10.5 Å². The minimum Gasteiger partial charge on any atom is -0.618 e. The highest BCUT2D eigenvalue weighted by Gasteiger charge is 2.17. The zero-order valence-corrected chi connectivity index (χ0v) is 10.5. The quantitative estimate of drug-likeness (QED) is 0.661. The van der Waals surface area contributed by atoms with Gasteiger partial charge in [-0.15, -0.1) is 0 Å². The summed E-state index contributed by atoms with van der Waals surface area (Å²) in [5, 5.41) is 14.1. The molecule has 0 radical (unpaired) electrons. The summed E-state index contributed by atoms with van der Waals surface area (Å²) in [6, 6.07) is 9.75.